The molecule has 3 heterocycles. The summed E-state index contributed by atoms with van der Waals surface area (Å²) in [6, 6.07) is 56.4. The summed E-state index contributed by atoms with van der Waals surface area (Å²) in [4.78, 5) is 9.44. The fourth-order valence-corrected chi connectivity index (χ4v) is 9.01. The van der Waals surface area contributed by atoms with E-state index in [0.29, 0.717) is 11.3 Å². The van der Waals surface area contributed by atoms with Crippen LogP contribution in [-0.2, 0) is 20.1 Å². The SMILES string of the molecule is Cc1cc(C)c(-c2ccc3s[c-]c(-c4nc5ccccc5n4-c4c(-c5ccccc5)cc(C)cc4-c4ccccc4)c3c2)c(C)c1.[2H]C([2H])([2H])c1c[c-]c(-c2ccc(C([2H])([2H])[2H])cn2)cc1.[Ir]. The molecule has 0 aliphatic rings. The van der Waals surface area contributed by atoms with E-state index in [1.165, 1.54) is 90.1 Å². The van der Waals surface area contributed by atoms with Gasteiger partial charge in [-0.1, -0.05) is 143 Å². The Morgan fingerprint density at radius 3 is 1.87 bits per heavy atom. The first kappa shape index (κ1) is 34.5. The summed E-state index contributed by atoms with van der Waals surface area (Å²) in [5, 5.41) is 4.88. The van der Waals surface area contributed by atoms with Gasteiger partial charge >= 0.3 is 0 Å². The van der Waals surface area contributed by atoms with Gasteiger partial charge in [-0.15, -0.1) is 40.8 Å². The van der Waals surface area contributed by atoms with Crippen molar-refractivity contribution in [3.8, 4) is 61.7 Å². The molecule has 10 aromatic rings. The van der Waals surface area contributed by atoms with Gasteiger partial charge in [0.15, 0.2) is 0 Å². The summed E-state index contributed by atoms with van der Waals surface area (Å²) in [7, 11) is 0. The van der Waals surface area contributed by atoms with E-state index in [4.69, 9.17) is 13.2 Å². The van der Waals surface area contributed by atoms with Gasteiger partial charge in [0, 0.05) is 45.7 Å². The number of rotatable bonds is 6. The maximum atomic E-state index is 7.28. The van der Waals surface area contributed by atoms with E-state index in [9.17, 15) is 0 Å². The maximum absolute atomic E-state index is 7.28. The molecule has 1 radical (unpaired) electrons. The molecular formula is C56H45IrN3S-2. The van der Waals surface area contributed by atoms with Crippen molar-refractivity contribution in [2.75, 3.05) is 0 Å². The number of hydrogen-bond acceptors (Lipinski definition) is 3. The van der Waals surface area contributed by atoms with E-state index < -0.39 is 13.7 Å². The smallest absolute Gasteiger partial charge is 0.0774 e. The summed E-state index contributed by atoms with van der Waals surface area (Å²) in [5.74, 6) is 0.903. The van der Waals surface area contributed by atoms with Gasteiger partial charge in [0.1, 0.15) is 0 Å². The zero-order valence-corrected chi connectivity index (χ0v) is 37.4. The first-order valence-electron chi connectivity index (χ1n) is 22.9. The molecule has 0 saturated carbocycles. The van der Waals surface area contributed by atoms with Crippen LogP contribution in [0.2, 0.25) is 0 Å². The summed E-state index contributed by atoms with van der Waals surface area (Å²) >= 11 is 1.66. The van der Waals surface area contributed by atoms with Crippen LogP contribution in [0.15, 0.2) is 164 Å². The van der Waals surface area contributed by atoms with E-state index in [1.807, 2.05) is 0 Å². The molecule has 0 bridgehead atoms. The minimum Gasteiger partial charge on any atom is -0.332 e. The maximum Gasteiger partial charge on any atom is 0.0774 e. The van der Waals surface area contributed by atoms with Crippen molar-refractivity contribution in [2.45, 2.75) is 41.4 Å². The molecule has 61 heavy (non-hydrogen) atoms. The quantitative estimate of drug-likeness (QED) is 0.155. The molecule has 0 atom stereocenters. The number of aryl methyl sites for hydroxylation is 6. The van der Waals surface area contributed by atoms with E-state index in [0.717, 1.165) is 28.1 Å². The largest absolute Gasteiger partial charge is 0.332 e. The summed E-state index contributed by atoms with van der Waals surface area (Å²) in [6.07, 6.45) is 1.30. The Hall–Kier alpha value is -6.23. The average Bonchev–Trinajstić information content (AvgIpc) is 3.90. The molecule has 0 amide bonds. The van der Waals surface area contributed by atoms with Crippen molar-refractivity contribution in [3.05, 3.63) is 209 Å². The van der Waals surface area contributed by atoms with Crippen LogP contribution in [-0.4, -0.2) is 14.5 Å². The molecule has 3 aromatic heterocycles. The predicted molar refractivity (Wildman–Crippen MR) is 254 cm³/mol. The normalized spacial score (nSPS) is 12.9. The fraction of sp³-hybridized carbons (Fsp3) is 0.107. The molecule has 0 saturated heterocycles. The number of imidazole rings is 1. The van der Waals surface area contributed by atoms with Gasteiger partial charge in [0.05, 0.1) is 22.5 Å². The van der Waals surface area contributed by atoms with E-state index >= 15 is 0 Å². The Labute approximate surface area is 385 Å². The number of hydrogen-bond donors (Lipinski definition) is 0. The Balaban J connectivity index is 0.000000244. The Morgan fingerprint density at radius 1 is 0.607 bits per heavy atom. The molecule has 0 N–H and O–H groups in total. The Morgan fingerprint density at radius 2 is 1.25 bits per heavy atom. The number of para-hydroxylation sites is 2. The van der Waals surface area contributed by atoms with Crippen molar-refractivity contribution in [1.29, 1.82) is 0 Å². The van der Waals surface area contributed by atoms with Crippen molar-refractivity contribution in [1.82, 2.24) is 14.5 Å². The summed E-state index contributed by atoms with van der Waals surface area (Å²) < 4.78 is 47.2. The number of fused-ring (bicyclic) bond motifs is 2. The summed E-state index contributed by atoms with van der Waals surface area (Å²) in [5.41, 5.74) is 18.1. The number of nitrogens with zero attached hydrogens (tertiary/aromatic N) is 3. The molecule has 0 aliphatic heterocycles. The fourth-order valence-electron chi connectivity index (χ4n) is 8.18. The zero-order valence-electron chi connectivity index (χ0n) is 40.2. The topological polar surface area (TPSA) is 30.7 Å². The van der Waals surface area contributed by atoms with Gasteiger partial charge in [-0.05, 0) is 109 Å². The van der Waals surface area contributed by atoms with Crippen LogP contribution in [0, 0.1) is 52.8 Å². The number of benzene rings is 7. The van der Waals surface area contributed by atoms with E-state index in [-0.39, 0.29) is 31.2 Å². The van der Waals surface area contributed by atoms with Gasteiger partial charge in [0.2, 0.25) is 0 Å². The van der Waals surface area contributed by atoms with Crippen LogP contribution in [0.1, 0.15) is 41.6 Å². The minimum atomic E-state index is -2.18. The average molecular weight is 990 g/mol. The monoisotopic (exact) mass is 990 g/mol. The Kier molecular flexibility index (Phi) is 10.0. The first-order chi connectivity index (χ1) is 31.6. The molecular weight excluding hydrogens is 939 g/mol. The molecule has 0 aliphatic carbocycles. The predicted octanol–water partition coefficient (Wildman–Crippen LogP) is 15.1. The minimum absolute atomic E-state index is 0. The molecule has 7 aromatic carbocycles. The van der Waals surface area contributed by atoms with E-state index in [2.05, 4.69) is 176 Å². The van der Waals surface area contributed by atoms with Gasteiger partial charge in [-0.25, -0.2) is 0 Å². The number of pyridine rings is 1. The third-order valence-corrected chi connectivity index (χ3v) is 11.6. The van der Waals surface area contributed by atoms with Gasteiger partial charge in [-0.3, -0.25) is 16.3 Å². The van der Waals surface area contributed by atoms with Crippen molar-refractivity contribution >= 4 is 32.5 Å². The number of aromatic nitrogens is 3. The van der Waals surface area contributed by atoms with Crippen LogP contribution in [0.25, 0.3) is 82.8 Å². The van der Waals surface area contributed by atoms with Gasteiger partial charge < -0.3 is 9.55 Å². The van der Waals surface area contributed by atoms with E-state index in [1.54, 1.807) is 23.5 Å². The molecule has 301 valence electrons. The van der Waals surface area contributed by atoms with Crippen molar-refractivity contribution in [2.24, 2.45) is 0 Å². The van der Waals surface area contributed by atoms with Crippen molar-refractivity contribution in [3.63, 3.8) is 0 Å². The third-order valence-electron chi connectivity index (χ3n) is 10.8. The molecule has 5 heteroatoms. The van der Waals surface area contributed by atoms with Crippen LogP contribution in [0.4, 0.5) is 0 Å². The molecule has 10 rings (SSSR count). The summed E-state index contributed by atoms with van der Waals surface area (Å²) in [6.45, 7) is 4.45. The molecule has 0 fully saturated rings. The number of thiophene rings is 1. The van der Waals surface area contributed by atoms with Gasteiger partial charge in [0.25, 0.3) is 0 Å². The van der Waals surface area contributed by atoms with Gasteiger partial charge in [-0.2, -0.15) is 0 Å². The molecule has 3 nitrogen and oxygen atoms in total. The third kappa shape index (κ3) is 8.43. The van der Waals surface area contributed by atoms with Crippen LogP contribution in [0.3, 0.4) is 0 Å². The first-order valence-corrected chi connectivity index (χ1v) is 20.7. The standard InChI is InChI=1S/C43H33N2S.C13H12N.Ir/c1-27-21-29(3)41(30(4)22-27)33-19-20-40-36(25-33)37(26-46-40)43-44-38-17-11-12-18-39(38)45(43)42-34(31-13-7-5-8-14-31)23-28(2)24-35(42)32-15-9-6-10-16-32;1-10-3-6-12(7-4-10)13-8-5-11(2)9-14-13;/h5-25H,1-4H3;3-6,8-9H,1-2H3;/q2*-1;/i;1D3,2D3;. The van der Waals surface area contributed by atoms with Crippen LogP contribution < -0.4 is 0 Å². The second-order valence-corrected chi connectivity index (χ2v) is 16.0. The van der Waals surface area contributed by atoms with Crippen LogP contribution >= 0.6 is 11.3 Å². The van der Waals surface area contributed by atoms with Crippen LogP contribution in [0.5, 0.6) is 0 Å². The zero-order chi connectivity index (χ0) is 46.3. The molecule has 0 spiro atoms. The second kappa shape index (κ2) is 17.8. The molecule has 0 unspecified atom stereocenters. The Bertz CT molecular complexity index is 3220. The van der Waals surface area contributed by atoms with Crippen molar-refractivity contribution < 1.29 is 28.3 Å². The second-order valence-electron chi connectivity index (χ2n) is 15.2.